The fourth-order valence-electron chi connectivity index (χ4n) is 2.04. The molecule has 3 nitrogen and oxygen atoms in total. The van der Waals surface area contributed by atoms with Gasteiger partial charge in [0.15, 0.2) is 5.15 Å². The van der Waals surface area contributed by atoms with Crippen LogP contribution in [0.5, 0.6) is 0 Å². The summed E-state index contributed by atoms with van der Waals surface area (Å²) in [6, 6.07) is 7.89. The zero-order valence-corrected chi connectivity index (χ0v) is 13.7. The molecule has 2 rings (SSSR count). The van der Waals surface area contributed by atoms with Gasteiger partial charge in [0.05, 0.1) is 5.69 Å². The van der Waals surface area contributed by atoms with Crippen molar-refractivity contribution >= 4 is 27.5 Å². The lowest BCUT2D eigenvalue weighted by Gasteiger charge is -2.09. The number of hydrogen-bond donors (Lipinski definition) is 2. The average molecular weight is 358 g/mol. The van der Waals surface area contributed by atoms with Gasteiger partial charge in [-0.3, -0.25) is 0 Å². The van der Waals surface area contributed by atoms with Gasteiger partial charge in [0.25, 0.3) is 0 Å². The number of halogens is 2. The molecular formula is C15H18BrClN2O. The van der Waals surface area contributed by atoms with Gasteiger partial charge in [-0.2, -0.15) is 0 Å². The lowest BCUT2D eigenvalue weighted by atomic mass is 10.1. The third-order valence-electron chi connectivity index (χ3n) is 3.18. The first-order valence-electron chi connectivity index (χ1n) is 6.77. The molecule has 0 aliphatic carbocycles. The van der Waals surface area contributed by atoms with Crippen LogP contribution in [-0.2, 0) is 12.8 Å². The molecule has 2 aromatic rings. The highest BCUT2D eigenvalue weighted by Crippen LogP contribution is 2.24. The Morgan fingerprint density at radius 1 is 1.35 bits per heavy atom. The molecule has 108 valence electrons. The maximum atomic E-state index is 10.3. The van der Waals surface area contributed by atoms with Crippen molar-refractivity contribution in [2.24, 2.45) is 0 Å². The first kappa shape index (κ1) is 15.5. The van der Waals surface area contributed by atoms with Crippen molar-refractivity contribution in [2.75, 3.05) is 0 Å². The van der Waals surface area contributed by atoms with Crippen molar-refractivity contribution in [3.8, 4) is 0 Å². The van der Waals surface area contributed by atoms with Crippen molar-refractivity contribution in [2.45, 2.75) is 38.7 Å². The Bertz CT molecular complexity index is 554. The number of nitrogens with one attached hydrogen (secondary N) is 1. The molecule has 0 aliphatic heterocycles. The predicted octanol–water partition coefficient (Wildman–Crippen LogP) is 4.44. The summed E-state index contributed by atoms with van der Waals surface area (Å²) in [4.78, 5) is 7.41. The molecule has 1 atom stereocenters. The minimum atomic E-state index is -0.661. The fraction of sp³-hybridized carbons (Fsp3) is 0.400. The van der Waals surface area contributed by atoms with Gasteiger partial charge in [-0.05, 0) is 24.1 Å². The number of H-pyrrole nitrogens is 1. The first-order valence-corrected chi connectivity index (χ1v) is 7.94. The van der Waals surface area contributed by atoms with Gasteiger partial charge in [0, 0.05) is 17.3 Å². The highest BCUT2D eigenvalue weighted by atomic mass is 79.9. The monoisotopic (exact) mass is 356 g/mol. The number of imidazole rings is 1. The van der Waals surface area contributed by atoms with Crippen LogP contribution in [0.2, 0.25) is 5.15 Å². The lowest BCUT2D eigenvalue weighted by Crippen LogP contribution is -2.03. The minimum absolute atomic E-state index is 0.376. The van der Waals surface area contributed by atoms with Gasteiger partial charge in [0.2, 0.25) is 0 Å². The second-order valence-electron chi connectivity index (χ2n) is 4.84. The van der Waals surface area contributed by atoms with E-state index in [-0.39, 0.29) is 0 Å². The summed E-state index contributed by atoms with van der Waals surface area (Å²) >= 11 is 9.50. The van der Waals surface area contributed by atoms with E-state index in [1.807, 2.05) is 24.3 Å². The average Bonchev–Trinajstić information content (AvgIpc) is 2.80. The Morgan fingerprint density at radius 3 is 2.70 bits per heavy atom. The maximum absolute atomic E-state index is 10.3. The molecule has 20 heavy (non-hydrogen) atoms. The molecule has 0 spiro atoms. The van der Waals surface area contributed by atoms with Crippen LogP contribution < -0.4 is 0 Å². The van der Waals surface area contributed by atoms with Gasteiger partial charge in [-0.1, -0.05) is 53.0 Å². The van der Waals surface area contributed by atoms with Crippen LogP contribution in [0.4, 0.5) is 0 Å². The topological polar surface area (TPSA) is 48.9 Å². The van der Waals surface area contributed by atoms with E-state index >= 15 is 0 Å². The van der Waals surface area contributed by atoms with E-state index in [0.29, 0.717) is 17.3 Å². The second kappa shape index (κ2) is 7.25. The molecule has 1 heterocycles. The summed E-state index contributed by atoms with van der Waals surface area (Å²) in [7, 11) is 0. The van der Waals surface area contributed by atoms with Crippen molar-refractivity contribution in [3.05, 3.63) is 51.0 Å². The number of aromatic nitrogens is 2. The van der Waals surface area contributed by atoms with Crippen LogP contribution >= 0.6 is 27.5 Å². The Hall–Kier alpha value is -0.840. The third-order valence-corrected chi connectivity index (χ3v) is 3.99. The number of hydrogen-bond acceptors (Lipinski definition) is 2. The molecule has 0 saturated heterocycles. The SMILES string of the molecule is CCCCc1nc(Cl)c([C@H](O)Cc2ccc(Br)cc2)[nH]1. The van der Waals surface area contributed by atoms with E-state index in [9.17, 15) is 5.11 Å². The van der Waals surface area contributed by atoms with Crippen molar-refractivity contribution in [1.82, 2.24) is 9.97 Å². The summed E-state index contributed by atoms with van der Waals surface area (Å²) in [6.07, 6.45) is 2.89. The number of benzene rings is 1. The quantitative estimate of drug-likeness (QED) is 0.802. The molecule has 0 bridgehead atoms. The summed E-state index contributed by atoms with van der Waals surface area (Å²) in [5.74, 6) is 0.849. The Morgan fingerprint density at radius 2 is 2.05 bits per heavy atom. The standard InChI is InChI=1S/C15H18BrClN2O/c1-2-3-4-13-18-14(15(17)19-13)12(20)9-10-5-7-11(16)8-6-10/h5-8,12,20H,2-4,9H2,1H3,(H,18,19)/t12-/m1/s1. The normalized spacial score (nSPS) is 12.6. The van der Waals surface area contributed by atoms with Gasteiger partial charge >= 0.3 is 0 Å². The van der Waals surface area contributed by atoms with Crippen molar-refractivity contribution in [1.29, 1.82) is 0 Å². The third kappa shape index (κ3) is 4.08. The summed E-state index contributed by atoms with van der Waals surface area (Å²) in [6.45, 7) is 2.13. The van der Waals surface area contributed by atoms with Crippen molar-refractivity contribution < 1.29 is 5.11 Å². The van der Waals surface area contributed by atoms with E-state index in [2.05, 4.69) is 32.8 Å². The Kier molecular flexibility index (Phi) is 5.64. The lowest BCUT2D eigenvalue weighted by molar-refractivity contribution is 0.174. The summed E-state index contributed by atoms with van der Waals surface area (Å²) < 4.78 is 1.03. The molecular weight excluding hydrogens is 340 g/mol. The van der Waals surface area contributed by atoms with Gasteiger partial charge in [-0.15, -0.1) is 0 Å². The molecule has 1 aromatic heterocycles. The molecule has 0 fully saturated rings. The Balaban J connectivity index is 2.06. The largest absolute Gasteiger partial charge is 0.386 e. The van der Waals surface area contributed by atoms with Gasteiger partial charge in [-0.25, -0.2) is 4.98 Å². The second-order valence-corrected chi connectivity index (χ2v) is 6.11. The molecule has 0 amide bonds. The van der Waals surface area contributed by atoms with Crippen LogP contribution in [0.3, 0.4) is 0 Å². The first-order chi connectivity index (χ1) is 9.60. The molecule has 0 saturated carbocycles. The molecule has 0 unspecified atom stereocenters. The van der Waals surface area contributed by atoms with E-state index < -0.39 is 6.10 Å². The number of aryl methyl sites for hydroxylation is 1. The van der Waals surface area contributed by atoms with Crippen molar-refractivity contribution in [3.63, 3.8) is 0 Å². The molecule has 0 radical (unpaired) electrons. The number of aromatic amines is 1. The fourth-order valence-corrected chi connectivity index (χ4v) is 2.58. The van der Waals surface area contributed by atoms with Crippen LogP contribution in [0.25, 0.3) is 0 Å². The minimum Gasteiger partial charge on any atom is -0.386 e. The zero-order valence-electron chi connectivity index (χ0n) is 11.4. The summed E-state index contributed by atoms with van der Waals surface area (Å²) in [5, 5.41) is 10.7. The number of rotatable bonds is 6. The highest BCUT2D eigenvalue weighted by molar-refractivity contribution is 9.10. The van der Waals surface area contributed by atoms with E-state index in [1.165, 1.54) is 0 Å². The molecule has 1 aromatic carbocycles. The molecule has 0 aliphatic rings. The maximum Gasteiger partial charge on any atom is 0.153 e. The zero-order chi connectivity index (χ0) is 14.5. The van der Waals surface area contributed by atoms with Crippen LogP contribution in [-0.4, -0.2) is 15.1 Å². The van der Waals surface area contributed by atoms with Crippen LogP contribution in [0, 0.1) is 0 Å². The number of aliphatic hydroxyl groups excluding tert-OH is 1. The Labute approximate surface area is 132 Å². The highest BCUT2D eigenvalue weighted by Gasteiger charge is 2.17. The van der Waals surface area contributed by atoms with E-state index in [4.69, 9.17) is 11.6 Å². The molecule has 5 heteroatoms. The number of aliphatic hydroxyl groups is 1. The smallest absolute Gasteiger partial charge is 0.153 e. The van der Waals surface area contributed by atoms with E-state index in [1.54, 1.807) is 0 Å². The van der Waals surface area contributed by atoms with Gasteiger partial charge in [0.1, 0.15) is 11.9 Å². The van der Waals surface area contributed by atoms with E-state index in [0.717, 1.165) is 35.1 Å². The number of unbranched alkanes of at least 4 members (excludes halogenated alkanes) is 1. The van der Waals surface area contributed by atoms with Crippen LogP contribution in [0.1, 0.15) is 43.0 Å². The van der Waals surface area contributed by atoms with Gasteiger partial charge < -0.3 is 10.1 Å². The molecule has 2 N–H and O–H groups in total. The number of nitrogens with zero attached hydrogens (tertiary/aromatic N) is 1. The summed E-state index contributed by atoms with van der Waals surface area (Å²) in [5.41, 5.74) is 1.67. The predicted molar refractivity (Wildman–Crippen MR) is 85.0 cm³/mol. The van der Waals surface area contributed by atoms with Crippen LogP contribution in [0.15, 0.2) is 28.7 Å².